The van der Waals surface area contributed by atoms with Crippen LogP contribution in [-0.4, -0.2) is 57.2 Å². The van der Waals surface area contributed by atoms with E-state index in [0.29, 0.717) is 45.3 Å². The summed E-state index contributed by atoms with van der Waals surface area (Å²) in [4.78, 5) is 4.48. The number of hydrogen-bond donors (Lipinski definition) is 1. The standard InChI is InChI=1S/C19H23N3O5S/c1-14(15-2-4-17-18(12-15)27-11-10-26-17)21-19-5-3-16(13-20-19)28(23,24)22-6-8-25-9-7-22/h2-5,12-14H,6-11H2,1H3,(H,20,21)/t14-/m0/s1. The summed E-state index contributed by atoms with van der Waals surface area (Å²) in [5.74, 6) is 2.08. The number of ether oxygens (including phenoxy) is 3. The highest BCUT2D eigenvalue weighted by atomic mass is 32.2. The lowest BCUT2D eigenvalue weighted by molar-refractivity contribution is 0.0730. The van der Waals surface area contributed by atoms with Gasteiger partial charge < -0.3 is 19.5 Å². The summed E-state index contributed by atoms with van der Waals surface area (Å²) >= 11 is 0. The predicted octanol–water partition coefficient (Wildman–Crippen LogP) is 2.05. The number of benzene rings is 1. The number of hydrogen-bond acceptors (Lipinski definition) is 7. The molecule has 8 nitrogen and oxygen atoms in total. The summed E-state index contributed by atoms with van der Waals surface area (Å²) < 4.78 is 43.1. The van der Waals surface area contributed by atoms with Crippen LogP contribution in [0.5, 0.6) is 11.5 Å². The van der Waals surface area contributed by atoms with Crippen molar-refractivity contribution in [3.05, 3.63) is 42.1 Å². The van der Waals surface area contributed by atoms with Gasteiger partial charge in [-0.15, -0.1) is 0 Å². The second-order valence-corrected chi connectivity index (χ2v) is 8.60. The van der Waals surface area contributed by atoms with E-state index in [1.54, 1.807) is 12.1 Å². The average Bonchev–Trinajstić information content (AvgIpc) is 2.74. The molecule has 1 atom stereocenters. The van der Waals surface area contributed by atoms with Crippen molar-refractivity contribution in [2.75, 3.05) is 44.8 Å². The first-order chi connectivity index (χ1) is 13.5. The minimum Gasteiger partial charge on any atom is -0.486 e. The van der Waals surface area contributed by atoms with Crippen molar-refractivity contribution in [2.45, 2.75) is 17.9 Å². The van der Waals surface area contributed by atoms with Crippen LogP contribution in [0.25, 0.3) is 0 Å². The molecule has 2 aliphatic rings. The Morgan fingerprint density at radius 1 is 1.04 bits per heavy atom. The van der Waals surface area contributed by atoms with Crippen LogP contribution in [0.3, 0.4) is 0 Å². The number of anilines is 1. The quantitative estimate of drug-likeness (QED) is 0.814. The molecule has 0 amide bonds. The number of pyridine rings is 1. The highest BCUT2D eigenvalue weighted by Crippen LogP contribution is 2.33. The van der Waals surface area contributed by atoms with Gasteiger partial charge in [0.1, 0.15) is 23.9 Å². The van der Waals surface area contributed by atoms with Crippen molar-refractivity contribution in [2.24, 2.45) is 0 Å². The van der Waals surface area contributed by atoms with E-state index in [-0.39, 0.29) is 10.9 Å². The van der Waals surface area contributed by atoms with E-state index in [9.17, 15) is 8.42 Å². The molecule has 3 heterocycles. The molecule has 1 aromatic carbocycles. The molecule has 1 aromatic heterocycles. The summed E-state index contributed by atoms with van der Waals surface area (Å²) in [7, 11) is -3.54. The van der Waals surface area contributed by atoms with Crippen molar-refractivity contribution in [3.63, 3.8) is 0 Å². The zero-order chi connectivity index (χ0) is 19.6. The van der Waals surface area contributed by atoms with Gasteiger partial charge in [0.25, 0.3) is 0 Å². The molecule has 1 fully saturated rings. The van der Waals surface area contributed by atoms with Crippen LogP contribution < -0.4 is 14.8 Å². The van der Waals surface area contributed by atoms with Crippen molar-refractivity contribution >= 4 is 15.8 Å². The molecule has 1 saturated heterocycles. The summed E-state index contributed by atoms with van der Waals surface area (Å²) in [6, 6.07) is 9.04. The topological polar surface area (TPSA) is 90.0 Å². The smallest absolute Gasteiger partial charge is 0.244 e. The van der Waals surface area contributed by atoms with E-state index in [1.807, 2.05) is 25.1 Å². The summed E-state index contributed by atoms with van der Waals surface area (Å²) in [5.41, 5.74) is 1.02. The van der Waals surface area contributed by atoms with Gasteiger partial charge in [-0.25, -0.2) is 13.4 Å². The lowest BCUT2D eigenvalue weighted by Gasteiger charge is -2.26. The molecule has 0 bridgehead atoms. The summed E-state index contributed by atoms with van der Waals surface area (Å²) in [5, 5.41) is 3.29. The third-order valence-electron chi connectivity index (χ3n) is 4.77. The normalized spacial score (nSPS) is 18.5. The van der Waals surface area contributed by atoms with Crippen LogP contribution in [0.15, 0.2) is 41.4 Å². The number of aromatic nitrogens is 1. The van der Waals surface area contributed by atoms with Crippen molar-refractivity contribution in [1.82, 2.24) is 9.29 Å². The van der Waals surface area contributed by atoms with Crippen molar-refractivity contribution in [3.8, 4) is 11.5 Å². The van der Waals surface area contributed by atoms with E-state index in [4.69, 9.17) is 14.2 Å². The van der Waals surface area contributed by atoms with E-state index < -0.39 is 10.0 Å². The first-order valence-electron chi connectivity index (χ1n) is 9.24. The Labute approximate surface area is 164 Å². The van der Waals surface area contributed by atoms with Crippen LogP contribution in [0, 0.1) is 0 Å². The SMILES string of the molecule is C[C@H](Nc1ccc(S(=O)(=O)N2CCOCC2)cn1)c1ccc2c(c1)OCCO2. The molecule has 1 N–H and O–H groups in total. The molecular formula is C19H23N3O5S. The highest BCUT2D eigenvalue weighted by Gasteiger charge is 2.26. The van der Waals surface area contributed by atoms with Gasteiger partial charge in [-0.2, -0.15) is 4.31 Å². The molecule has 0 spiro atoms. The molecule has 2 aliphatic heterocycles. The molecule has 9 heteroatoms. The number of fused-ring (bicyclic) bond motifs is 1. The molecule has 0 saturated carbocycles. The van der Waals surface area contributed by atoms with Crippen LogP contribution in [0.1, 0.15) is 18.5 Å². The number of rotatable bonds is 5. The van der Waals surface area contributed by atoms with E-state index in [0.717, 1.165) is 17.1 Å². The number of nitrogens with zero attached hydrogens (tertiary/aromatic N) is 2. The molecular weight excluding hydrogens is 382 g/mol. The zero-order valence-corrected chi connectivity index (χ0v) is 16.4. The number of nitrogens with one attached hydrogen (secondary N) is 1. The molecule has 2 aromatic rings. The van der Waals surface area contributed by atoms with E-state index in [1.165, 1.54) is 10.5 Å². The van der Waals surface area contributed by atoms with Gasteiger partial charge in [0.2, 0.25) is 10.0 Å². The van der Waals surface area contributed by atoms with Crippen molar-refractivity contribution < 1.29 is 22.6 Å². The van der Waals surface area contributed by atoms with Crippen LogP contribution in [0.4, 0.5) is 5.82 Å². The van der Waals surface area contributed by atoms with E-state index in [2.05, 4.69) is 10.3 Å². The Hall–Kier alpha value is -2.36. The highest BCUT2D eigenvalue weighted by molar-refractivity contribution is 7.89. The largest absolute Gasteiger partial charge is 0.486 e. The Kier molecular flexibility index (Phi) is 5.38. The lowest BCUT2D eigenvalue weighted by Crippen LogP contribution is -2.40. The molecule has 150 valence electrons. The zero-order valence-electron chi connectivity index (χ0n) is 15.6. The first-order valence-corrected chi connectivity index (χ1v) is 10.7. The van der Waals surface area contributed by atoms with Crippen LogP contribution in [-0.2, 0) is 14.8 Å². The second kappa shape index (κ2) is 7.94. The summed E-state index contributed by atoms with van der Waals surface area (Å²) in [6.07, 6.45) is 1.39. The molecule has 0 radical (unpaired) electrons. The maximum absolute atomic E-state index is 12.7. The number of sulfonamides is 1. The Morgan fingerprint density at radius 3 is 2.50 bits per heavy atom. The number of morpholine rings is 1. The van der Waals surface area contributed by atoms with Gasteiger partial charge in [-0.3, -0.25) is 0 Å². The fourth-order valence-corrected chi connectivity index (χ4v) is 4.54. The van der Waals surface area contributed by atoms with Crippen molar-refractivity contribution in [1.29, 1.82) is 0 Å². The molecule has 0 unspecified atom stereocenters. The monoisotopic (exact) mass is 405 g/mol. The predicted molar refractivity (Wildman–Crippen MR) is 103 cm³/mol. The molecule has 0 aliphatic carbocycles. The van der Waals surface area contributed by atoms with E-state index >= 15 is 0 Å². The minimum absolute atomic E-state index is 0.0370. The Morgan fingerprint density at radius 2 is 1.79 bits per heavy atom. The van der Waals surface area contributed by atoms with Gasteiger partial charge in [0.05, 0.1) is 19.3 Å². The maximum Gasteiger partial charge on any atom is 0.244 e. The Balaban J connectivity index is 1.45. The minimum atomic E-state index is -3.54. The molecule has 28 heavy (non-hydrogen) atoms. The second-order valence-electron chi connectivity index (χ2n) is 6.66. The van der Waals surface area contributed by atoms with Gasteiger partial charge >= 0.3 is 0 Å². The first kappa shape index (κ1) is 19.0. The fourth-order valence-electron chi connectivity index (χ4n) is 3.19. The van der Waals surface area contributed by atoms with Crippen LogP contribution >= 0.6 is 0 Å². The van der Waals surface area contributed by atoms with Crippen LogP contribution in [0.2, 0.25) is 0 Å². The Bertz CT molecular complexity index is 927. The average molecular weight is 405 g/mol. The van der Waals surface area contributed by atoms with Gasteiger partial charge in [-0.1, -0.05) is 6.07 Å². The van der Waals surface area contributed by atoms with Gasteiger partial charge in [0, 0.05) is 19.3 Å². The van der Waals surface area contributed by atoms with Gasteiger partial charge in [0.15, 0.2) is 11.5 Å². The molecule has 4 rings (SSSR count). The summed E-state index contributed by atoms with van der Waals surface area (Å²) in [6.45, 7) is 4.67. The fraction of sp³-hybridized carbons (Fsp3) is 0.421. The van der Waals surface area contributed by atoms with Gasteiger partial charge in [-0.05, 0) is 36.8 Å². The third-order valence-corrected chi connectivity index (χ3v) is 6.66. The third kappa shape index (κ3) is 3.91. The maximum atomic E-state index is 12.7. The lowest BCUT2D eigenvalue weighted by atomic mass is 10.1.